The van der Waals surface area contributed by atoms with Crippen molar-refractivity contribution in [3.63, 3.8) is 0 Å². The van der Waals surface area contributed by atoms with Crippen LogP contribution in [0.25, 0.3) is 0 Å². The van der Waals surface area contributed by atoms with Gasteiger partial charge in [-0.1, -0.05) is 29.3 Å². The van der Waals surface area contributed by atoms with Crippen LogP contribution in [-0.2, 0) is 10.0 Å². The van der Waals surface area contributed by atoms with Crippen molar-refractivity contribution in [2.24, 2.45) is 0 Å². The average Bonchev–Trinajstić information content (AvgIpc) is 2.22. The first-order valence-electron chi connectivity index (χ1n) is 4.45. The number of hydrogen-bond donors (Lipinski definition) is 2. The lowest BCUT2D eigenvalue weighted by molar-refractivity contribution is 0.296. The minimum atomic E-state index is -3.68. The Morgan fingerprint density at radius 1 is 1.38 bits per heavy atom. The monoisotopic (exact) mass is 283 g/mol. The Kier molecular flexibility index (Phi) is 4.43. The summed E-state index contributed by atoms with van der Waals surface area (Å²) in [4.78, 5) is 0. The minimum Gasteiger partial charge on any atom is -0.395 e. The van der Waals surface area contributed by atoms with Crippen molar-refractivity contribution in [3.05, 3.63) is 28.2 Å². The number of halogens is 2. The molecule has 1 aromatic rings. The molecular weight excluding hydrogens is 273 g/mol. The van der Waals surface area contributed by atoms with Gasteiger partial charge in [0.2, 0.25) is 10.0 Å². The Labute approximate surface area is 104 Å². The summed E-state index contributed by atoms with van der Waals surface area (Å²) in [5.41, 5.74) is 0.131. The first kappa shape index (κ1) is 13.6. The van der Waals surface area contributed by atoms with E-state index in [-0.39, 0.29) is 15.7 Å². The van der Waals surface area contributed by atoms with Gasteiger partial charge in [-0.3, -0.25) is 4.72 Å². The minimum absolute atomic E-state index is 0.131. The maximum absolute atomic E-state index is 11.6. The van der Waals surface area contributed by atoms with Crippen molar-refractivity contribution in [2.45, 2.75) is 12.2 Å². The van der Waals surface area contributed by atoms with Crippen LogP contribution in [0.2, 0.25) is 10.0 Å². The summed E-state index contributed by atoms with van der Waals surface area (Å²) in [6.45, 7) is 0.907. The van der Waals surface area contributed by atoms with Crippen LogP contribution in [-0.4, -0.2) is 25.4 Å². The van der Waals surface area contributed by atoms with Crippen LogP contribution in [0, 0.1) is 0 Å². The van der Waals surface area contributed by atoms with Crippen molar-refractivity contribution in [3.8, 4) is 0 Å². The summed E-state index contributed by atoms with van der Waals surface area (Å²) in [6.07, 6.45) is 0. The molecule has 0 aliphatic carbocycles. The zero-order valence-electron chi connectivity index (χ0n) is 8.44. The van der Waals surface area contributed by atoms with E-state index in [0.29, 0.717) is 0 Å². The molecule has 4 nitrogen and oxygen atoms in total. The van der Waals surface area contributed by atoms with E-state index in [0.717, 1.165) is 0 Å². The highest BCUT2D eigenvalue weighted by molar-refractivity contribution is 7.93. The van der Waals surface area contributed by atoms with Gasteiger partial charge in [-0.15, -0.1) is 0 Å². The molecule has 1 atom stereocenters. The molecular formula is C9H11Cl2NO3S. The Hall–Kier alpha value is -0.490. The standard InChI is InChI=1S/C9H11Cl2NO3S/c1-6(5-13)16(14,15)12-9-7(10)3-2-4-8(9)11/h2-4,6,12-13H,5H2,1H3. The number of rotatable bonds is 4. The molecule has 90 valence electrons. The van der Waals surface area contributed by atoms with E-state index in [9.17, 15) is 8.42 Å². The molecule has 0 bridgehead atoms. The molecule has 0 spiro atoms. The number of nitrogens with one attached hydrogen (secondary N) is 1. The third-order valence-corrected chi connectivity index (χ3v) is 4.32. The highest BCUT2D eigenvalue weighted by atomic mass is 35.5. The lowest BCUT2D eigenvalue weighted by Crippen LogP contribution is -2.28. The second-order valence-electron chi connectivity index (χ2n) is 3.24. The first-order chi connectivity index (χ1) is 7.38. The zero-order valence-corrected chi connectivity index (χ0v) is 10.8. The Bertz CT molecular complexity index is 455. The molecule has 0 saturated carbocycles. The van der Waals surface area contributed by atoms with E-state index in [1.807, 2.05) is 0 Å². The molecule has 0 aliphatic heterocycles. The van der Waals surface area contributed by atoms with E-state index in [1.165, 1.54) is 19.1 Å². The molecule has 0 aliphatic rings. The predicted molar refractivity (Wildman–Crippen MR) is 65.6 cm³/mol. The molecule has 1 unspecified atom stereocenters. The number of sulfonamides is 1. The normalized spacial score (nSPS) is 13.5. The smallest absolute Gasteiger partial charge is 0.237 e. The van der Waals surface area contributed by atoms with Gasteiger partial charge < -0.3 is 5.11 Å². The second-order valence-corrected chi connectivity index (χ2v) is 6.15. The van der Waals surface area contributed by atoms with Gasteiger partial charge in [0.1, 0.15) is 5.25 Å². The fourth-order valence-corrected chi connectivity index (χ4v) is 2.44. The van der Waals surface area contributed by atoms with Gasteiger partial charge in [0, 0.05) is 0 Å². The van der Waals surface area contributed by atoms with E-state index < -0.39 is 21.9 Å². The number of aliphatic hydroxyl groups is 1. The van der Waals surface area contributed by atoms with Gasteiger partial charge in [0.05, 0.1) is 22.3 Å². The van der Waals surface area contributed by atoms with Crippen molar-refractivity contribution in [1.82, 2.24) is 0 Å². The summed E-state index contributed by atoms with van der Waals surface area (Å²) in [5.74, 6) is 0. The molecule has 7 heteroatoms. The van der Waals surface area contributed by atoms with Gasteiger partial charge in [0.15, 0.2) is 0 Å². The summed E-state index contributed by atoms with van der Waals surface area (Å²) < 4.78 is 25.5. The van der Waals surface area contributed by atoms with Crippen molar-refractivity contribution >= 4 is 38.9 Å². The van der Waals surface area contributed by atoms with Gasteiger partial charge in [-0.25, -0.2) is 8.42 Å². The summed E-state index contributed by atoms with van der Waals surface area (Å²) in [7, 11) is -3.68. The van der Waals surface area contributed by atoms with Crippen molar-refractivity contribution < 1.29 is 13.5 Å². The number of anilines is 1. The summed E-state index contributed by atoms with van der Waals surface area (Å²) in [6, 6.07) is 4.65. The van der Waals surface area contributed by atoms with E-state index >= 15 is 0 Å². The number of aliphatic hydroxyl groups excluding tert-OH is 1. The van der Waals surface area contributed by atoms with Crippen LogP contribution in [0.5, 0.6) is 0 Å². The van der Waals surface area contributed by atoms with E-state index in [1.54, 1.807) is 6.07 Å². The fraction of sp³-hybridized carbons (Fsp3) is 0.333. The van der Waals surface area contributed by atoms with Crippen LogP contribution in [0.4, 0.5) is 5.69 Å². The molecule has 0 heterocycles. The Morgan fingerprint density at radius 3 is 2.31 bits per heavy atom. The molecule has 0 aromatic heterocycles. The molecule has 0 fully saturated rings. The lowest BCUT2D eigenvalue weighted by Gasteiger charge is -2.14. The first-order valence-corrected chi connectivity index (χ1v) is 6.75. The SMILES string of the molecule is CC(CO)S(=O)(=O)Nc1c(Cl)cccc1Cl. The number of benzene rings is 1. The largest absolute Gasteiger partial charge is 0.395 e. The summed E-state index contributed by atoms with van der Waals surface area (Å²) >= 11 is 11.6. The molecule has 16 heavy (non-hydrogen) atoms. The maximum atomic E-state index is 11.6. The lowest BCUT2D eigenvalue weighted by atomic mass is 10.3. The van der Waals surface area contributed by atoms with Gasteiger partial charge in [-0.2, -0.15) is 0 Å². The van der Waals surface area contributed by atoms with Crippen molar-refractivity contribution in [1.29, 1.82) is 0 Å². The number of para-hydroxylation sites is 1. The molecule has 2 N–H and O–H groups in total. The number of hydrogen-bond acceptors (Lipinski definition) is 3. The quantitative estimate of drug-likeness (QED) is 0.890. The van der Waals surface area contributed by atoms with Crippen LogP contribution < -0.4 is 4.72 Å². The van der Waals surface area contributed by atoms with Gasteiger partial charge in [-0.05, 0) is 19.1 Å². The molecule has 0 saturated heterocycles. The fourth-order valence-electron chi connectivity index (χ4n) is 0.936. The summed E-state index contributed by atoms with van der Waals surface area (Å²) in [5, 5.41) is 8.29. The van der Waals surface area contributed by atoms with Crippen molar-refractivity contribution in [2.75, 3.05) is 11.3 Å². The molecule has 1 aromatic carbocycles. The van der Waals surface area contributed by atoms with E-state index in [4.69, 9.17) is 28.3 Å². The Balaban J connectivity index is 3.06. The Morgan fingerprint density at radius 2 is 1.88 bits per heavy atom. The third kappa shape index (κ3) is 3.01. The topological polar surface area (TPSA) is 66.4 Å². The van der Waals surface area contributed by atoms with Gasteiger partial charge in [0.25, 0.3) is 0 Å². The highest BCUT2D eigenvalue weighted by Crippen LogP contribution is 2.31. The molecule has 1 rings (SSSR count). The third-order valence-electron chi connectivity index (χ3n) is 1.99. The molecule has 0 amide bonds. The maximum Gasteiger partial charge on any atom is 0.237 e. The van der Waals surface area contributed by atoms with Crippen LogP contribution in [0.1, 0.15) is 6.92 Å². The van der Waals surface area contributed by atoms with Gasteiger partial charge >= 0.3 is 0 Å². The zero-order chi connectivity index (χ0) is 12.3. The second kappa shape index (κ2) is 5.23. The average molecular weight is 284 g/mol. The molecule has 0 radical (unpaired) electrons. The highest BCUT2D eigenvalue weighted by Gasteiger charge is 2.21. The predicted octanol–water partition coefficient (Wildman–Crippen LogP) is 2.12. The van der Waals surface area contributed by atoms with Crippen LogP contribution in [0.15, 0.2) is 18.2 Å². The van der Waals surface area contributed by atoms with Crippen LogP contribution in [0.3, 0.4) is 0 Å². The van der Waals surface area contributed by atoms with E-state index in [2.05, 4.69) is 4.72 Å². The van der Waals surface area contributed by atoms with Crippen LogP contribution >= 0.6 is 23.2 Å².